The minimum atomic E-state index is -0.0559. The molecule has 1 aliphatic rings. The SMILES string of the molecule is CNC(=O)C1CCC(NC(=O)/C=C/c2ccsc2)CC1. The first-order valence-electron chi connectivity index (χ1n) is 6.91. The van der Waals surface area contributed by atoms with Crippen molar-refractivity contribution in [3.05, 3.63) is 28.5 Å². The summed E-state index contributed by atoms with van der Waals surface area (Å²) in [5.41, 5.74) is 1.05. The molecule has 0 atom stereocenters. The zero-order valence-corrected chi connectivity index (χ0v) is 12.4. The molecular formula is C15H20N2O2S. The van der Waals surface area contributed by atoms with Crippen molar-refractivity contribution >= 4 is 29.2 Å². The molecule has 0 spiro atoms. The molecule has 1 heterocycles. The van der Waals surface area contributed by atoms with E-state index in [1.165, 1.54) is 0 Å². The zero-order chi connectivity index (χ0) is 14.4. The molecule has 0 unspecified atom stereocenters. The third-order valence-electron chi connectivity index (χ3n) is 3.66. The maximum atomic E-state index is 11.8. The van der Waals surface area contributed by atoms with Crippen molar-refractivity contribution in [1.29, 1.82) is 0 Å². The van der Waals surface area contributed by atoms with Crippen LogP contribution in [0.4, 0.5) is 0 Å². The molecule has 2 amide bonds. The maximum Gasteiger partial charge on any atom is 0.244 e. The molecule has 0 saturated heterocycles. The fourth-order valence-electron chi connectivity index (χ4n) is 2.50. The van der Waals surface area contributed by atoms with Gasteiger partial charge in [0.1, 0.15) is 0 Å². The van der Waals surface area contributed by atoms with E-state index in [0.29, 0.717) is 0 Å². The summed E-state index contributed by atoms with van der Waals surface area (Å²) in [6.45, 7) is 0. The van der Waals surface area contributed by atoms with Crippen LogP contribution in [0.1, 0.15) is 31.2 Å². The van der Waals surface area contributed by atoms with Crippen molar-refractivity contribution in [3.8, 4) is 0 Å². The van der Waals surface area contributed by atoms with Gasteiger partial charge >= 0.3 is 0 Å². The average Bonchev–Trinajstić information content (AvgIpc) is 2.98. The summed E-state index contributed by atoms with van der Waals surface area (Å²) in [6.07, 6.45) is 6.83. The highest BCUT2D eigenvalue weighted by molar-refractivity contribution is 7.08. The van der Waals surface area contributed by atoms with Crippen LogP contribution >= 0.6 is 11.3 Å². The molecule has 1 aliphatic carbocycles. The molecule has 2 N–H and O–H groups in total. The number of nitrogens with one attached hydrogen (secondary N) is 2. The average molecular weight is 292 g/mol. The number of amides is 2. The molecular weight excluding hydrogens is 272 g/mol. The van der Waals surface area contributed by atoms with E-state index < -0.39 is 0 Å². The minimum Gasteiger partial charge on any atom is -0.359 e. The highest BCUT2D eigenvalue weighted by Gasteiger charge is 2.25. The molecule has 0 radical (unpaired) electrons. The summed E-state index contributed by atoms with van der Waals surface area (Å²) in [5.74, 6) is 0.168. The summed E-state index contributed by atoms with van der Waals surface area (Å²) in [6, 6.07) is 2.17. The van der Waals surface area contributed by atoms with Crippen molar-refractivity contribution in [2.75, 3.05) is 7.05 Å². The van der Waals surface area contributed by atoms with Crippen molar-refractivity contribution in [2.45, 2.75) is 31.7 Å². The highest BCUT2D eigenvalue weighted by Crippen LogP contribution is 2.24. The summed E-state index contributed by atoms with van der Waals surface area (Å²) in [7, 11) is 1.67. The number of carbonyl (C=O) groups excluding carboxylic acids is 2. The van der Waals surface area contributed by atoms with E-state index in [2.05, 4.69) is 10.6 Å². The van der Waals surface area contributed by atoms with Crippen LogP contribution < -0.4 is 10.6 Å². The Labute approximate surface area is 123 Å². The molecule has 1 fully saturated rings. The first-order chi connectivity index (χ1) is 9.69. The van der Waals surface area contributed by atoms with Gasteiger partial charge in [0.15, 0.2) is 0 Å². The molecule has 1 aromatic heterocycles. The topological polar surface area (TPSA) is 58.2 Å². The van der Waals surface area contributed by atoms with E-state index in [0.717, 1.165) is 31.2 Å². The predicted molar refractivity (Wildman–Crippen MR) is 81.3 cm³/mol. The number of carbonyl (C=O) groups is 2. The lowest BCUT2D eigenvalue weighted by molar-refractivity contribution is -0.125. The minimum absolute atomic E-state index is 0.0559. The lowest BCUT2D eigenvalue weighted by Crippen LogP contribution is -2.39. The van der Waals surface area contributed by atoms with Gasteiger partial charge in [-0.1, -0.05) is 0 Å². The smallest absolute Gasteiger partial charge is 0.244 e. The van der Waals surface area contributed by atoms with Gasteiger partial charge in [0.05, 0.1) is 0 Å². The standard InChI is InChI=1S/C15H20N2O2S/c1-16-15(19)12-3-5-13(6-4-12)17-14(18)7-2-11-8-9-20-10-11/h2,7-10,12-13H,3-6H2,1H3,(H,16,19)(H,17,18)/b7-2+. The Hall–Kier alpha value is -1.62. The second-order valence-electron chi connectivity index (χ2n) is 5.06. The highest BCUT2D eigenvalue weighted by atomic mass is 32.1. The molecule has 0 aromatic carbocycles. The Kier molecular flexibility index (Phi) is 5.35. The third kappa shape index (κ3) is 4.20. The van der Waals surface area contributed by atoms with E-state index >= 15 is 0 Å². The van der Waals surface area contributed by atoms with Crippen molar-refractivity contribution in [1.82, 2.24) is 10.6 Å². The molecule has 20 heavy (non-hydrogen) atoms. The number of rotatable bonds is 4. The predicted octanol–water partition coefficient (Wildman–Crippen LogP) is 2.18. The lowest BCUT2D eigenvalue weighted by Gasteiger charge is -2.27. The summed E-state index contributed by atoms with van der Waals surface area (Å²) in [4.78, 5) is 23.3. The van der Waals surface area contributed by atoms with Crippen LogP contribution in [0.3, 0.4) is 0 Å². The largest absolute Gasteiger partial charge is 0.359 e. The maximum absolute atomic E-state index is 11.8. The van der Waals surface area contributed by atoms with Crippen LogP contribution in [-0.4, -0.2) is 24.9 Å². The van der Waals surface area contributed by atoms with E-state index in [-0.39, 0.29) is 23.8 Å². The Morgan fingerprint density at radius 1 is 1.30 bits per heavy atom. The summed E-state index contributed by atoms with van der Waals surface area (Å²) in [5, 5.41) is 9.68. The van der Waals surface area contributed by atoms with Gasteiger partial charge in [0, 0.05) is 25.1 Å². The number of thiophene rings is 1. The number of hydrogen-bond donors (Lipinski definition) is 2. The molecule has 5 heteroatoms. The molecule has 0 aliphatic heterocycles. The van der Waals surface area contributed by atoms with Crippen LogP contribution in [0.5, 0.6) is 0 Å². The fraction of sp³-hybridized carbons (Fsp3) is 0.467. The van der Waals surface area contributed by atoms with Gasteiger partial charge < -0.3 is 10.6 Å². The first-order valence-corrected chi connectivity index (χ1v) is 7.85. The van der Waals surface area contributed by atoms with Crippen LogP contribution in [-0.2, 0) is 9.59 Å². The molecule has 1 aromatic rings. The van der Waals surface area contributed by atoms with E-state index in [9.17, 15) is 9.59 Å². The van der Waals surface area contributed by atoms with Gasteiger partial charge in [0.25, 0.3) is 0 Å². The summed E-state index contributed by atoms with van der Waals surface area (Å²) >= 11 is 1.61. The van der Waals surface area contributed by atoms with Crippen LogP contribution in [0.15, 0.2) is 22.9 Å². The Morgan fingerprint density at radius 2 is 2.05 bits per heavy atom. The normalized spacial score (nSPS) is 22.6. The van der Waals surface area contributed by atoms with Gasteiger partial charge in [-0.2, -0.15) is 11.3 Å². The van der Waals surface area contributed by atoms with Crippen molar-refractivity contribution in [3.63, 3.8) is 0 Å². The van der Waals surface area contributed by atoms with Crippen molar-refractivity contribution < 1.29 is 9.59 Å². The first kappa shape index (κ1) is 14.8. The Bertz CT molecular complexity index is 474. The van der Waals surface area contributed by atoms with Gasteiger partial charge in [0.2, 0.25) is 11.8 Å². The van der Waals surface area contributed by atoms with Crippen LogP contribution in [0.25, 0.3) is 6.08 Å². The second kappa shape index (κ2) is 7.24. The second-order valence-corrected chi connectivity index (χ2v) is 5.84. The lowest BCUT2D eigenvalue weighted by atomic mass is 9.85. The van der Waals surface area contributed by atoms with Gasteiger partial charge in [-0.05, 0) is 54.1 Å². The van der Waals surface area contributed by atoms with Crippen molar-refractivity contribution in [2.24, 2.45) is 5.92 Å². The quantitative estimate of drug-likeness (QED) is 0.836. The van der Waals surface area contributed by atoms with E-state index in [1.54, 1.807) is 24.5 Å². The zero-order valence-electron chi connectivity index (χ0n) is 11.6. The molecule has 2 rings (SSSR count). The van der Waals surface area contributed by atoms with Crippen LogP contribution in [0.2, 0.25) is 0 Å². The summed E-state index contributed by atoms with van der Waals surface area (Å²) < 4.78 is 0. The third-order valence-corrected chi connectivity index (χ3v) is 4.36. The molecule has 108 valence electrons. The monoisotopic (exact) mass is 292 g/mol. The van der Waals surface area contributed by atoms with E-state index in [4.69, 9.17) is 0 Å². The fourth-order valence-corrected chi connectivity index (χ4v) is 3.12. The van der Waals surface area contributed by atoms with Gasteiger partial charge in [-0.15, -0.1) is 0 Å². The van der Waals surface area contributed by atoms with Crippen LogP contribution in [0, 0.1) is 5.92 Å². The molecule has 4 nitrogen and oxygen atoms in total. The Balaban J connectivity index is 1.75. The number of hydrogen-bond acceptors (Lipinski definition) is 3. The molecule has 1 saturated carbocycles. The van der Waals surface area contributed by atoms with Gasteiger partial charge in [-0.25, -0.2) is 0 Å². The molecule has 0 bridgehead atoms. The van der Waals surface area contributed by atoms with E-state index in [1.807, 2.05) is 22.9 Å². The van der Waals surface area contributed by atoms with Gasteiger partial charge in [-0.3, -0.25) is 9.59 Å². The Morgan fingerprint density at radius 3 is 2.65 bits per heavy atom.